The van der Waals surface area contributed by atoms with E-state index in [1.54, 1.807) is 135 Å². The monoisotopic (exact) mass is 1230 g/mol. The van der Waals surface area contributed by atoms with E-state index < -0.39 is 0 Å². The van der Waals surface area contributed by atoms with E-state index in [0.29, 0.717) is 34.2 Å². The average molecular weight is 1230 g/mol. The van der Waals surface area contributed by atoms with E-state index in [-0.39, 0.29) is 17.5 Å². The highest BCUT2D eigenvalue weighted by Crippen LogP contribution is 2.21. The summed E-state index contributed by atoms with van der Waals surface area (Å²) in [4.78, 5) is 29.0. The van der Waals surface area contributed by atoms with Crippen molar-refractivity contribution in [3.8, 4) is 62.6 Å². The summed E-state index contributed by atoms with van der Waals surface area (Å²) in [5.41, 5.74) is 12.8. The Bertz CT molecular complexity index is 4120. The molecule has 0 saturated heterocycles. The molecule has 0 radical (unpaired) electrons. The summed E-state index contributed by atoms with van der Waals surface area (Å²) in [6.45, 7) is 13.2. The Labute approximate surface area is 521 Å². The second-order valence-corrected chi connectivity index (χ2v) is 19.9. The van der Waals surface area contributed by atoms with Crippen molar-refractivity contribution in [3.63, 3.8) is 0 Å². The molecular formula is C67H59ClF3N17O2. The Morgan fingerprint density at radius 2 is 0.656 bits per heavy atom. The van der Waals surface area contributed by atoms with E-state index in [2.05, 4.69) is 98.9 Å². The van der Waals surface area contributed by atoms with E-state index in [1.807, 2.05) is 106 Å². The zero-order chi connectivity index (χ0) is 63.6. The van der Waals surface area contributed by atoms with Crippen molar-refractivity contribution in [2.45, 2.75) is 48.5 Å². The van der Waals surface area contributed by atoms with Crippen LogP contribution in [0.3, 0.4) is 0 Å². The van der Waals surface area contributed by atoms with Crippen LogP contribution in [0, 0.1) is 65.9 Å². The van der Waals surface area contributed by atoms with Crippen LogP contribution in [0.5, 0.6) is 0 Å². The second kappa shape index (κ2) is 32.8. The van der Waals surface area contributed by atoms with E-state index in [9.17, 15) is 13.2 Å². The molecule has 7 aromatic heterocycles. The molecule has 0 N–H and O–H groups in total. The summed E-state index contributed by atoms with van der Waals surface area (Å²) in [6, 6.07) is 47.8. The molecule has 0 atom stereocenters. The lowest BCUT2D eigenvalue weighted by Crippen LogP contribution is -1.99. The van der Waals surface area contributed by atoms with Crippen molar-refractivity contribution in [1.82, 2.24) is 85.2 Å². The van der Waals surface area contributed by atoms with Crippen LogP contribution >= 0.6 is 11.6 Å². The SMILES string of the molecule is Cc1cc(-c2ncccn2)ccc1F.Cc1cc(-c2ncon2)ccc1F.Cc1cc(-n2nccn2)ccc1Cl.Cc1cc(-n2nccn2)ccc1F.Cc1cccc(-c2ncccn2)c1.Cc1cccc(-c2ncon2)c1.Cc1cccc(-n2nccn2)c1. The Morgan fingerprint density at radius 1 is 0.311 bits per heavy atom. The van der Waals surface area contributed by atoms with Crippen LogP contribution in [-0.2, 0) is 0 Å². The van der Waals surface area contributed by atoms with Crippen LogP contribution in [0.2, 0.25) is 5.02 Å². The largest absolute Gasteiger partial charge is 0.342 e. The first kappa shape index (κ1) is 64.5. The molecule has 14 rings (SSSR count). The minimum atomic E-state index is -0.229. The van der Waals surface area contributed by atoms with E-state index >= 15 is 0 Å². The van der Waals surface area contributed by atoms with Crippen molar-refractivity contribution in [2.24, 2.45) is 0 Å². The maximum Gasteiger partial charge on any atom is 0.214 e. The lowest BCUT2D eigenvalue weighted by Gasteiger charge is -2.01. The minimum Gasteiger partial charge on any atom is -0.342 e. The zero-order valence-electron chi connectivity index (χ0n) is 49.9. The van der Waals surface area contributed by atoms with E-state index in [0.717, 1.165) is 55.7 Å². The molecular weight excluding hydrogens is 1170 g/mol. The molecule has 19 nitrogen and oxygen atoms in total. The lowest BCUT2D eigenvalue weighted by molar-refractivity contribution is 0.418. The lowest BCUT2D eigenvalue weighted by atomic mass is 10.1. The molecule has 7 aromatic carbocycles. The summed E-state index contributed by atoms with van der Waals surface area (Å²) in [5, 5.41) is 32.1. The van der Waals surface area contributed by atoms with Gasteiger partial charge in [0.25, 0.3) is 0 Å². The van der Waals surface area contributed by atoms with Crippen LogP contribution in [-0.4, -0.2) is 85.2 Å². The third kappa shape index (κ3) is 19.5. The number of rotatable bonds is 7. The fraction of sp³-hybridized carbons (Fsp3) is 0.104. The van der Waals surface area contributed by atoms with Gasteiger partial charge in [-0.25, -0.2) is 33.1 Å². The van der Waals surface area contributed by atoms with Gasteiger partial charge in [-0.2, -0.15) is 54.9 Å². The van der Waals surface area contributed by atoms with Crippen LogP contribution in [0.1, 0.15) is 38.9 Å². The summed E-state index contributed by atoms with van der Waals surface area (Å²) in [6.07, 6.45) is 19.2. The predicted octanol–water partition coefficient (Wildman–Crippen LogP) is 14.8. The maximum absolute atomic E-state index is 13.0. The maximum atomic E-state index is 13.0. The first-order chi connectivity index (χ1) is 43.7. The van der Waals surface area contributed by atoms with Crippen LogP contribution in [0.15, 0.2) is 242 Å². The first-order valence-electron chi connectivity index (χ1n) is 27.6. The molecule has 90 heavy (non-hydrogen) atoms. The van der Waals surface area contributed by atoms with E-state index in [1.165, 1.54) is 52.5 Å². The molecule has 0 bridgehead atoms. The van der Waals surface area contributed by atoms with Gasteiger partial charge in [0, 0.05) is 52.1 Å². The van der Waals surface area contributed by atoms with Crippen LogP contribution < -0.4 is 0 Å². The highest BCUT2D eigenvalue weighted by atomic mass is 35.5. The molecule has 14 aromatic rings. The van der Waals surface area contributed by atoms with Gasteiger partial charge in [-0.15, -0.1) is 0 Å². The summed E-state index contributed by atoms with van der Waals surface area (Å²) < 4.78 is 48.0. The summed E-state index contributed by atoms with van der Waals surface area (Å²) in [5.74, 6) is 1.87. The zero-order valence-corrected chi connectivity index (χ0v) is 50.6. The Hall–Kier alpha value is -11.5. The van der Waals surface area contributed by atoms with Gasteiger partial charge in [0.15, 0.2) is 11.6 Å². The highest BCUT2D eigenvalue weighted by molar-refractivity contribution is 6.31. The molecule has 0 aliphatic rings. The number of aromatic nitrogens is 17. The average Bonchev–Trinajstić information content (AvgIpc) is 3.28. The molecule has 0 fully saturated rings. The number of halogens is 4. The van der Waals surface area contributed by atoms with Crippen LogP contribution in [0.4, 0.5) is 13.2 Å². The summed E-state index contributed by atoms with van der Waals surface area (Å²) in [7, 11) is 0. The number of benzene rings is 7. The van der Waals surface area contributed by atoms with Gasteiger partial charge in [-0.3, -0.25) is 0 Å². The van der Waals surface area contributed by atoms with Gasteiger partial charge in [0.05, 0.1) is 54.2 Å². The smallest absolute Gasteiger partial charge is 0.214 e. The number of aryl methyl sites for hydroxylation is 7. The molecule has 0 unspecified atom stereocenters. The Balaban J connectivity index is 0.000000136. The fourth-order valence-corrected chi connectivity index (χ4v) is 8.05. The van der Waals surface area contributed by atoms with Crippen molar-refractivity contribution >= 4 is 11.6 Å². The first-order valence-corrected chi connectivity index (χ1v) is 28.0. The molecule has 0 aliphatic carbocycles. The second-order valence-electron chi connectivity index (χ2n) is 19.5. The molecule has 0 amide bonds. The molecule has 0 saturated carbocycles. The molecule has 452 valence electrons. The van der Waals surface area contributed by atoms with Gasteiger partial charge in [0.2, 0.25) is 24.4 Å². The predicted molar refractivity (Wildman–Crippen MR) is 337 cm³/mol. The van der Waals surface area contributed by atoms with Crippen molar-refractivity contribution in [2.75, 3.05) is 0 Å². The molecule has 23 heteroatoms. The third-order valence-electron chi connectivity index (χ3n) is 12.5. The number of nitrogens with zero attached hydrogens (tertiary/aromatic N) is 17. The van der Waals surface area contributed by atoms with Crippen molar-refractivity contribution in [1.29, 1.82) is 0 Å². The minimum absolute atomic E-state index is 0.204. The molecule has 0 spiro atoms. The fourth-order valence-electron chi connectivity index (χ4n) is 7.93. The van der Waals surface area contributed by atoms with Gasteiger partial charge in [0.1, 0.15) is 17.5 Å². The quantitative estimate of drug-likeness (QED) is 0.145. The topological polar surface area (TPSA) is 222 Å². The number of hydrogen-bond acceptors (Lipinski definition) is 16. The van der Waals surface area contributed by atoms with Crippen LogP contribution in [0.25, 0.3) is 62.6 Å². The van der Waals surface area contributed by atoms with Gasteiger partial charge >= 0.3 is 0 Å². The molecule has 7 heterocycles. The normalized spacial score (nSPS) is 10.2. The van der Waals surface area contributed by atoms with Gasteiger partial charge < -0.3 is 9.05 Å². The van der Waals surface area contributed by atoms with Crippen molar-refractivity contribution in [3.05, 3.63) is 294 Å². The Morgan fingerprint density at radius 3 is 1.03 bits per heavy atom. The third-order valence-corrected chi connectivity index (χ3v) is 12.9. The molecule has 0 aliphatic heterocycles. The highest BCUT2D eigenvalue weighted by Gasteiger charge is 2.07. The van der Waals surface area contributed by atoms with E-state index in [4.69, 9.17) is 11.6 Å². The van der Waals surface area contributed by atoms with Crippen molar-refractivity contribution < 1.29 is 22.2 Å². The Kier molecular flexibility index (Phi) is 23.5. The number of hydrogen-bond donors (Lipinski definition) is 0. The standard InChI is InChI=1S/C11H9FN2.C11H10N2.C9H8ClN3.C9H8FN3.C9H7FN2O.C9H9N3.C9H8N2O/c1-8-7-9(3-4-10(8)12)11-13-5-2-6-14-11;1-9-4-2-5-10(8-9)11-12-6-3-7-13-11;2*1-7-6-8(2-3-9(7)10)13-11-4-5-12-13;1-6-4-7(2-3-8(6)10)9-11-5-13-12-9;1-8-3-2-4-9(7-8)12-10-5-6-11-12;1-7-3-2-4-8(5-7)9-10-6-12-11-9/h2-7H,1H3;2-8H,1H3;2*2-6H,1H3;2-5H,1H3;2-7H,1H3;2-6H,1H3. The van der Waals surface area contributed by atoms with Gasteiger partial charge in [-0.1, -0.05) is 81.6 Å². The summed E-state index contributed by atoms with van der Waals surface area (Å²) >= 11 is 5.89. The van der Waals surface area contributed by atoms with Gasteiger partial charge in [-0.05, 0) is 185 Å².